The van der Waals surface area contributed by atoms with Crippen LogP contribution in [-0.4, -0.2) is 41.5 Å². The second-order valence-corrected chi connectivity index (χ2v) is 10.6. The minimum absolute atomic E-state index is 0.103. The van der Waals surface area contributed by atoms with Crippen molar-refractivity contribution >= 4 is 23.2 Å². The number of nitrogens with one attached hydrogen (secondary N) is 3. The van der Waals surface area contributed by atoms with E-state index >= 15 is 4.39 Å². The Bertz CT molecular complexity index is 983. The summed E-state index contributed by atoms with van der Waals surface area (Å²) < 4.78 is 15.4. The van der Waals surface area contributed by atoms with Crippen molar-refractivity contribution in [2.75, 3.05) is 6.54 Å². The van der Waals surface area contributed by atoms with E-state index in [1.165, 1.54) is 12.2 Å². The van der Waals surface area contributed by atoms with Crippen molar-refractivity contribution in [3.63, 3.8) is 0 Å². The molecule has 0 spiro atoms. The second kappa shape index (κ2) is 13.0. The molecule has 36 heavy (non-hydrogen) atoms. The molecule has 0 radical (unpaired) electrons. The summed E-state index contributed by atoms with van der Waals surface area (Å²) in [6, 6.07) is -1.16. The Morgan fingerprint density at radius 1 is 1.36 bits per heavy atom. The highest BCUT2D eigenvalue weighted by Gasteiger charge is 2.29. The molecular formula is C27H41ClFN5O2. The predicted octanol–water partition coefficient (Wildman–Crippen LogP) is 4.85. The number of aliphatic hydroxyl groups is 1. The number of carbonyl (C=O) groups excluding carboxylic acids is 1. The van der Waals surface area contributed by atoms with Crippen molar-refractivity contribution in [3.8, 4) is 0 Å². The van der Waals surface area contributed by atoms with Crippen molar-refractivity contribution in [2.24, 2.45) is 22.1 Å². The van der Waals surface area contributed by atoms with Crippen molar-refractivity contribution < 1.29 is 14.3 Å². The van der Waals surface area contributed by atoms with Gasteiger partial charge in [-0.2, -0.15) is 0 Å². The average Bonchev–Trinajstić information content (AvgIpc) is 2.82. The zero-order valence-corrected chi connectivity index (χ0v) is 22.8. The van der Waals surface area contributed by atoms with E-state index in [1.807, 2.05) is 6.92 Å². The first-order valence-corrected chi connectivity index (χ1v) is 12.9. The van der Waals surface area contributed by atoms with Crippen LogP contribution in [0.25, 0.3) is 0 Å². The maximum Gasteiger partial charge on any atom is 0.165 e. The number of carbonyl (C=O) groups is 1. The summed E-state index contributed by atoms with van der Waals surface area (Å²) in [6.45, 7) is 14.4. The third-order valence-electron chi connectivity index (χ3n) is 6.56. The van der Waals surface area contributed by atoms with Gasteiger partial charge in [0.2, 0.25) is 0 Å². The maximum atomic E-state index is 15.4. The van der Waals surface area contributed by atoms with Gasteiger partial charge in [0, 0.05) is 23.9 Å². The van der Waals surface area contributed by atoms with E-state index in [0.717, 1.165) is 19.3 Å². The van der Waals surface area contributed by atoms with Crippen LogP contribution in [0.1, 0.15) is 60.3 Å². The first kappa shape index (κ1) is 29.5. The van der Waals surface area contributed by atoms with Crippen LogP contribution in [0.3, 0.4) is 0 Å². The lowest BCUT2D eigenvalue weighted by atomic mass is 9.85. The molecule has 6 N–H and O–H groups in total. The molecule has 2 aliphatic rings. The summed E-state index contributed by atoms with van der Waals surface area (Å²) in [4.78, 5) is 17.4. The first-order valence-electron chi connectivity index (χ1n) is 12.6. The molecule has 4 unspecified atom stereocenters. The van der Waals surface area contributed by atoms with Gasteiger partial charge in [0.25, 0.3) is 0 Å². The quantitative estimate of drug-likeness (QED) is 0.196. The number of aliphatic hydroxyl groups excluding tert-OH is 1. The van der Waals surface area contributed by atoms with Crippen LogP contribution < -0.4 is 21.7 Å². The average molecular weight is 522 g/mol. The Morgan fingerprint density at radius 2 is 2.06 bits per heavy atom. The minimum Gasteiger partial charge on any atom is -0.510 e. The number of aliphatic imine (C=N–C) groups is 1. The van der Waals surface area contributed by atoms with E-state index in [1.54, 1.807) is 19.1 Å². The first-order chi connectivity index (χ1) is 16.9. The highest BCUT2D eigenvalue weighted by Crippen LogP contribution is 2.26. The standard InChI is InChI=1S/C27H41ClFN5O2/c1-7-11-27(5,6)12-13-31-24-15-22(36)18(8-2)20(29)14-19(26(30)34-24)16(3)32-21-9-10-23(28)33-25(21)17(4)35/h9-10,14-16,18,20,25,31-33,35H,4,7-8,11-13H2,1-3,5-6H3,(H2,30,34)/b19-14-,24-15-. The Labute approximate surface area is 219 Å². The van der Waals surface area contributed by atoms with Gasteiger partial charge in [0.1, 0.15) is 34.8 Å². The number of halogens is 2. The molecule has 9 heteroatoms. The zero-order valence-electron chi connectivity index (χ0n) is 22.0. The van der Waals surface area contributed by atoms with Gasteiger partial charge in [0.05, 0.1) is 12.0 Å². The predicted molar refractivity (Wildman–Crippen MR) is 146 cm³/mol. The van der Waals surface area contributed by atoms with Crippen LogP contribution in [0.5, 0.6) is 0 Å². The fraction of sp³-hybridized carbons (Fsp3) is 0.556. The van der Waals surface area contributed by atoms with Crippen LogP contribution in [0.2, 0.25) is 0 Å². The molecule has 0 amide bonds. The normalized spacial score (nSPS) is 28.2. The molecule has 0 saturated heterocycles. The molecule has 2 rings (SSSR count). The molecule has 2 heterocycles. The van der Waals surface area contributed by atoms with Crippen molar-refractivity contribution in [3.05, 3.63) is 58.9 Å². The summed E-state index contributed by atoms with van der Waals surface area (Å²) in [6.07, 6.45) is 7.94. The Kier molecular flexibility index (Phi) is 10.6. The second-order valence-electron chi connectivity index (χ2n) is 10.2. The summed E-state index contributed by atoms with van der Waals surface area (Å²) in [5.74, 6) is -0.872. The fourth-order valence-electron chi connectivity index (χ4n) is 4.46. The van der Waals surface area contributed by atoms with Gasteiger partial charge in [-0.05, 0) is 49.8 Å². The van der Waals surface area contributed by atoms with E-state index < -0.39 is 24.2 Å². The number of nitrogens with zero attached hydrogens (tertiary/aromatic N) is 1. The lowest BCUT2D eigenvalue weighted by Gasteiger charge is -2.29. The van der Waals surface area contributed by atoms with Crippen molar-refractivity contribution in [1.29, 1.82) is 0 Å². The Balaban J connectivity index is 2.35. The SMILES string of the molecule is C=C(O)C1NC(Cl)=CC=C1NC(C)C1=C\C(F)C(CC)C(=O)\C=C(NCCC(C)(C)CCC)/N=C/1N. The van der Waals surface area contributed by atoms with E-state index in [2.05, 4.69) is 48.3 Å². The van der Waals surface area contributed by atoms with Gasteiger partial charge >= 0.3 is 0 Å². The molecule has 2 aliphatic heterocycles. The number of allylic oxidation sites excluding steroid dienone is 4. The Morgan fingerprint density at radius 3 is 2.67 bits per heavy atom. The minimum atomic E-state index is -1.54. The molecule has 0 fully saturated rings. The molecule has 0 bridgehead atoms. The third-order valence-corrected chi connectivity index (χ3v) is 6.80. The highest BCUT2D eigenvalue weighted by molar-refractivity contribution is 6.29. The summed E-state index contributed by atoms with van der Waals surface area (Å²) in [5.41, 5.74) is 7.52. The van der Waals surface area contributed by atoms with Gasteiger partial charge in [0.15, 0.2) is 5.78 Å². The van der Waals surface area contributed by atoms with E-state index in [0.29, 0.717) is 35.2 Å². The van der Waals surface area contributed by atoms with Gasteiger partial charge in [-0.25, -0.2) is 9.38 Å². The smallest absolute Gasteiger partial charge is 0.165 e. The molecular weight excluding hydrogens is 481 g/mol. The highest BCUT2D eigenvalue weighted by atomic mass is 35.5. The van der Waals surface area contributed by atoms with Crippen LogP contribution >= 0.6 is 11.6 Å². The zero-order chi connectivity index (χ0) is 27.0. The Hall–Kier alpha value is -2.74. The topological polar surface area (TPSA) is 112 Å². The number of nitrogens with two attached hydrogens (primary N) is 1. The van der Waals surface area contributed by atoms with E-state index in [9.17, 15) is 9.90 Å². The van der Waals surface area contributed by atoms with Crippen molar-refractivity contribution in [2.45, 2.75) is 78.6 Å². The number of alkyl halides is 1. The number of rotatable bonds is 11. The van der Waals surface area contributed by atoms with Gasteiger partial charge in [-0.15, -0.1) is 0 Å². The number of ketones is 1. The molecule has 0 aliphatic carbocycles. The maximum absolute atomic E-state index is 15.4. The fourth-order valence-corrected chi connectivity index (χ4v) is 4.63. The molecule has 0 aromatic rings. The van der Waals surface area contributed by atoms with Gasteiger partial charge < -0.3 is 26.8 Å². The molecule has 0 aromatic carbocycles. The van der Waals surface area contributed by atoms with Gasteiger partial charge in [-0.3, -0.25) is 4.79 Å². The van der Waals surface area contributed by atoms with Crippen LogP contribution in [0.4, 0.5) is 4.39 Å². The number of hydrogen-bond donors (Lipinski definition) is 5. The molecule has 200 valence electrons. The van der Waals surface area contributed by atoms with Crippen LogP contribution in [-0.2, 0) is 4.79 Å². The molecule has 7 nitrogen and oxygen atoms in total. The summed E-state index contributed by atoms with van der Waals surface area (Å²) in [5, 5.41) is 19.8. The van der Waals surface area contributed by atoms with Crippen molar-refractivity contribution in [1.82, 2.24) is 16.0 Å². The van der Waals surface area contributed by atoms with Crippen LogP contribution in [0.15, 0.2) is 63.9 Å². The summed E-state index contributed by atoms with van der Waals surface area (Å²) in [7, 11) is 0. The largest absolute Gasteiger partial charge is 0.510 e. The molecule has 4 atom stereocenters. The van der Waals surface area contributed by atoms with E-state index in [4.69, 9.17) is 17.3 Å². The number of amidine groups is 1. The van der Waals surface area contributed by atoms with Gasteiger partial charge in [-0.1, -0.05) is 52.3 Å². The van der Waals surface area contributed by atoms with E-state index in [-0.39, 0.29) is 22.8 Å². The monoisotopic (exact) mass is 521 g/mol. The molecule has 0 saturated carbocycles. The van der Waals surface area contributed by atoms with Crippen LogP contribution in [0, 0.1) is 11.3 Å². The molecule has 0 aromatic heterocycles. The lowest BCUT2D eigenvalue weighted by molar-refractivity contribution is -0.119. The number of hydrogen-bond acceptors (Lipinski definition) is 7. The third kappa shape index (κ3) is 8.15. The lowest BCUT2D eigenvalue weighted by Crippen LogP contribution is -2.43. The number of dihydropyridines is 1. The summed E-state index contributed by atoms with van der Waals surface area (Å²) >= 11 is 6.04.